The maximum Gasteiger partial charge on any atom is 0.412 e. The molecule has 0 fully saturated rings. The Morgan fingerprint density at radius 2 is 2.00 bits per heavy atom. The Hall–Kier alpha value is -1.58. The number of pyridine rings is 1. The van der Waals surface area contributed by atoms with Gasteiger partial charge >= 0.3 is 6.09 Å². The molecule has 1 N–H and O–H groups in total. The number of anilines is 1. The van der Waals surface area contributed by atoms with Gasteiger partial charge in [-0.15, -0.1) is 0 Å². The van der Waals surface area contributed by atoms with E-state index in [1.54, 1.807) is 12.4 Å². The summed E-state index contributed by atoms with van der Waals surface area (Å²) in [4.78, 5) is 16.5. The molecule has 15 heavy (non-hydrogen) atoms. The Morgan fingerprint density at radius 3 is 2.40 bits per heavy atom. The number of aromatic nitrogens is 1. The van der Waals surface area contributed by atoms with Crippen molar-refractivity contribution in [2.24, 2.45) is 0 Å². The zero-order valence-corrected chi connectivity index (χ0v) is 9.48. The summed E-state index contributed by atoms with van der Waals surface area (Å²) >= 11 is 0. The summed E-state index contributed by atoms with van der Waals surface area (Å²) in [6.07, 6.45) is 2.30. The molecule has 1 rings (SSSR count). The average molecular weight is 208 g/mol. The maximum atomic E-state index is 11.2. The Bertz CT molecular complexity index is 369. The predicted octanol–water partition coefficient (Wildman–Crippen LogP) is 2.67. The molecule has 0 aliphatic heterocycles. The van der Waals surface area contributed by atoms with Gasteiger partial charge in [0, 0.05) is 11.7 Å². The fourth-order valence-corrected chi connectivity index (χ4v) is 1.45. The van der Waals surface area contributed by atoms with Gasteiger partial charge in [-0.2, -0.15) is 0 Å². The molecule has 0 spiro atoms. The van der Waals surface area contributed by atoms with Gasteiger partial charge < -0.3 is 5.11 Å². The number of hydrogen-bond donors (Lipinski definition) is 1. The van der Waals surface area contributed by atoms with E-state index in [9.17, 15) is 4.79 Å². The van der Waals surface area contributed by atoms with Crippen LogP contribution < -0.4 is 4.90 Å². The fraction of sp³-hybridized carbons (Fsp3) is 0.455. The van der Waals surface area contributed by atoms with Gasteiger partial charge in [0.05, 0.1) is 11.9 Å². The van der Waals surface area contributed by atoms with Crippen LogP contribution in [0.4, 0.5) is 10.5 Å². The molecular formula is C11H16N2O2. The molecule has 1 aromatic rings. The van der Waals surface area contributed by atoms with Crippen LogP contribution in [0.3, 0.4) is 0 Å². The van der Waals surface area contributed by atoms with Crippen LogP contribution in [0.25, 0.3) is 0 Å². The SMILES string of the molecule is Cc1cncc(N(C(=O)O)C(C)(C)C)c1. The lowest BCUT2D eigenvalue weighted by atomic mass is 10.1. The molecule has 1 heterocycles. The van der Waals surface area contributed by atoms with Crippen LogP contribution in [0.5, 0.6) is 0 Å². The second-order valence-electron chi connectivity index (χ2n) is 4.51. The summed E-state index contributed by atoms with van der Waals surface area (Å²) < 4.78 is 0. The highest BCUT2D eigenvalue weighted by molar-refractivity contribution is 5.87. The lowest BCUT2D eigenvalue weighted by Crippen LogP contribution is -2.45. The summed E-state index contributed by atoms with van der Waals surface area (Å²) in [5, 5.41) is 9.15. The molecule has 0 atom stereocenters. The van der Waals surface area contributed by atoms with Crippen LogP contribution in [-0.2, 0) is 0 Å². The lowest BCUT2D eigenvalue weighted by molar-refractivity contribution is 0.195. The Kier molecular flexibility index (Phi) is 2.98. The van der Waals surface area contributed by atoms with E-state index >= 15 is 0 Å². The van der Waals surface area contributed by atoms with Crippen molar-refractivity contribution < 1.29 is 9.90 Å². The van der Waals surface area contributed by atoms with E-state index in [2.05, 4.69) is 4.98 Å². The molecule has 0 aliphatic carbocycles. The molecule has 0 radical (unpaired) electrons. The van der Waals surface area contributed by atoms with Gasteiger partial charge in [-0.3, -0.25) is 9.88 Å². The maximum absolute atomic E-state index is 11.2. The minimum atomic E-state index is -0.963. The lowest BCUT2D eigenvalue weighted by Gasteiger charge is -2.32. The van der Waals surface area contributed by atoms with Gasteiger partial charge in [0.2, 0.25) is 0 Å². The molecule has 0 aliphatic rings. The Labute approximate surface area is 89.6 Å². The van der Waals surface area contributed by atoms with Crippen LogP contribution in [0.1, 0.15) is 26.3 Å². The molecule has 4 heteroatoms. The summed E-state index contributed by atoms with van der Waals surface area (Å²) in [5.41, 5.74) is 1.08. The summed E-state index contributed by atoms with van der Waals surface area (Å²) in [6, 6.07) is 1.81. The predicted molar refractivity (Wildman–Crippen MR) is 59.2 cm³/mol. The Balaban J connectivity index is 3.16. The third-order valence-electron chi connectivity index (χ3n) is 1.98. The first-order chi connectivity index (χ1) is 6.82. The van der Waals surface area contributed by atoms with Gasteiger partial charge in [0.15, 0.2) is 0 Å². The van der Waals surface area contributed by atoms with Crippen LogP contribution >= 0.6 is 0 Å². The van der Waals surface area contributed by atoms with Gasteiger partial charge in [0.25, 0.3) is 0 Å². The van der Waals surface area contributed by atoms with E-state index in [-0.39, 0.29) is 0 Å². The number of carbonyl (C=O) groups is 1. The van der Waals surface area contributed by atoms with E-state index < -0.39 is 11.6 Å². The van der Waals surface area contributed by atoms with Crippen molar-refractivity contribution in [3.05, 3.63) is 24.0 Å². The Morgan fingerprint density at radius 1 is 1.40 bits per heavy atom. The van der Waals surface area contributed by atoms with Crippen molar-refractivity contribution in [3.8, 4) is 0 Å². The van der Waals surface area contributed by atoms with Gasteiger partial charge in [-0.25, -0.2) is 4.79 Å². The number of hydrogen-bond acceptors (Lipinski definition) is 2. The zero-order valence-electron chi connectivity index (χ0n) is 9.48. The number of carboxylic acid groups (broad SMARTS) is 1. The van der Waals surface area contributed by atoms with Crippen molar-refractivity contribution in [2.75, 3.05) is 4.90 Å². The first-order valence-electron chi connectivity index (χ1n) is 4.77. The van der Waals surface area contributed by atoms with Crippen molar-refractivity contribution in [1.29, 1.82) is 0 Å². The molecule has 0 saturated heterocycles. The average Bonchev–Trinajstić information content (AvgIpc) is 1.99. The van der Waals surface area contributed by atoms with E-state index in [0.717, 1.165) is 5.56 Å². The second-order valence-corrected chi connectivity index (χ2v) is 4.51. The standard InChI is InChI=1S/C11H16N2O2/c1-8-5-9(7-12-6-8)13(10(14)15)11(2,3)4/h5-7H,1-4H3,(H,14,15). The molecule has 82 valence electrons. The number of amides is 1. The highest BCUT2D eigenvalue weighted by Crippen LogP contribution is 2.23. The van der Waals surface area contributed by atoms with Crippen molar-refractivity contribution in [3.63, 3.8) is 0 Å². The smallest absolute Gasteiger partial charge is 0.412 e. The highest BCUT2D eigenvalue weighted by atomic mass is 16.4. The normalized spacial score (nSPS) is 11.2. The van der Waals surface area contributed by atoms with E-state index in [4.69, 9.17) is 5.11 Å². The molecule has 4 nitrogen and oxygen atoms in total. The first kappa shape index (κ1) is 11.5. The van der Waals surface area contributed by atoms with Crippen LogP contribution in [0, 0.1) is 6.92 Å². The van der Waals surface area contributed by atoms with Crippen LogP contribution in [0.2, 0.25) is 0 Å². The number of nitrogens with zero attached hydrogens (tertiary/aromatic N) is 2. The van der Waals surface area contributed by atoms with Crippen molar-refractivity contribution >= 4 is 11.8 Å². The molecule has 1 aromatic heterocycles. The number of aryl methyl sites for hydroxylation is 1. The van der Waals surface area contributed by atoms with E-state index in [1.807, 2.05) is 33.8 Å². The van der Waals surface area contributed by atoms with Crippen LogP contribution in [0.15, 0.2) is 18.5 Å². The first-order valence-corrected chi connectivity index (χ1v) is 4.77. The van der Waals surface area contributed by atoms with Gasteiger partial charge in [-0.1, -0.05) is 0 Å². The molecule has 0 unspecified atom stereocenters. The largest absolute Gasteiger partial charge is 0.465 e. The summed E-state index contributed by atoms with van der Waals surface area (Å²) in [6.45, 7) is 7.44. The fourth-order valence-electron chi connectivity index (χ4n) is 1.45. The van der Waals surface area contributed by atoms with E-state index in [1.165, 1.54) is 4.90 Å². The molecule has 0 saturated carbocycles. The molecule has 0 aromatic carbocycles. The molecule has 1 amide bonds. The minimum absolute atomic E-state index is 0.471. The summed E-state index contributed by atoms with van der Waals surface area (Å²) in [5.74, 6) is 0. The van der Waals surface area contributed by atoms with Gasteiger partial charge in [-0.05, 0) is 39.3 Å². The monoisotopic (exact) mass is 208 g/mol. The minimum Gasteiger partial charge on any atom is -0.465 e. The molecular weight excluding hydrogens is 192 g/mol. The molecule has 0 bridgehead atoms. The van der Waals surface area contributed by atoms with Crippen LogP contribution in [-0.4, -0.2) is 21.7 Å². The van der Waals surface area contributed by atoms with Gasteiger partial charge in [0.1, 0.15) is 0 Å². The number of rotatable bonds is 1. The third-order valence-corrected chi connectivity index (χ3v) is 1.98. The second kappa shape index (κ2) is 3.88. The van der Waals surface area contributed by atoms with Crippen molar-refractivity contribution in [1.82, 2.24) is 4.98 Å². The van der Waals surface area contributed by atoms with Crippen molar-refractivity contribution in [2.45, 2.75) is 33.2 Å². The van der Waals surface area contributed by atoms with E-state index in [0.29, 0.717) is 5.69 Å². The zero-order chi connectivity index (χ0) is 11.6. The highest BCUT2D eigenvalue weighted by Gasteiger charge is 2.27. The third kappa shape index (κ3) is 2.68. The summed E-state index contributed by atoms with van der Waals surface area (Å²) in [7, 11) is 0. The topological polar surface area (TPSA) is 53.4 Å². The quantitative estimate of drug-likeness (QED) is 0.772.